The zero-order valence-corrected chi connectivity index (χ0v) is 14.0. The van der Waals surface area contributed by atoms with Crippen molar-refractivity contribution in [2.75, 3.05) is 0 Å². The van der Waals surface area contributed by atoms with E-state index < -0.39 is 0 Å². The first-order valence-corrected chi connectivity index (χ1v) is 8.09. The Kier molecular flexibility index (Phi) is 4.33. The summed E-state index contributed by atoms with van der Waals surface area (Å²) in [6.07, 6.45) is 5.81. The van der Waals surface area contributed by atoms with Gasteiger partial charge in [-0.25, -0.2) is 0 Å². The highest BCUT2D eigenvalue weighted by atomic mass is 16.2. The monoisotopic (exact) mass is 309 g/mol. The van der Waals surface area contributed by atoms with Crippen LogP contribution in [-0.2, 0) is 18.4 Å². The van der Waals surface area contributed by atoms with Crippen LogP contribution in [0.25, 0.3) is 6.08 Å². The largest absolute Gasteiger partial charge is 0.332 e. The molecule has 1 heterocycles. The number of benzene rings is 1. The van der Waals surface area contributed by atoms with Gasteiger partial charge in [0, 0.05) is 37.0 Å². The summed E-state index contributed by atoms with van der Waals surface area (Å²) in [6.45, 7) is 4.67. The van der Waals surface area contributed by atoms with E-state index in [1.165, 1.54) is 5.56 Å². The van der Waals surface area contributed by atoms with Crippen LogP contribution < -0.4 is 0 Å². The van der Waals surface area contributed by atoms with Crippen LogP contribution in [0.15, 0.2) is 36.4 Å². The Morgan fingerprint density at radius 1 is 1.30 bits per heavy atom. The summed E-state index contributed by atoms with van der Waals surface area (Å²) in [4.78, 5) is 14.6. The summed E-state index contributed by atoms with van der Waals surface area (Å²) in [6, 6.07) is 10.6. The highest BCUT2D eigenvalue weighted by molar-refractivity contribution is 5.92. The SMILES string of the molecule is Cc1nn(C)c(C)c1C=CC(=O)N(Cc1ccccc1)C1CC1. The number of carbonyl (C=O) groups excluding carboxylic acids is 1. The Morgan fingerprint density at radius 2 is 2.00 bits per heavy atom. The number of carbonyl (C=O) groups is 1. The number of aromatic nitrogens is 2. The molecular formula is C19H23N3O. The van der Waals surface area contributed by atoms with Crippen LogP contribution in [0.3, 0.4) is 0 Å². The molecule has 0 unspecified atom stereocenters. The zero-order valence-electron chi connectivity index (χ0n) is 14.0. The molecule has 1 fully saturated rings. The summed E-state index contributed by atoms with van der Waals surface area (Å²) in [5.74, 6) is 0.0824. The molecule has 1 saturated carbocycles. The van der Waals surface area contributed by atoms with E-state index in [0.717, 1.165) is 29.8 Å². The Morgan fingerprint density at radius 3 is 2.57 bits per heavy atom. The number of hydrogen-bond donors (Lipinski definition) is 0. The normalized spacial score (nSPS) is 14.4. The molecule has 23 heavy (non-hydrogen) atoms. The van der Waals surface area contributed by atoms with Crippen molar-refractivity contribution in [1.29, 1.82) is 0 Å². The van der Waals surface area contributed by atoms with Gasteiger partial charge in [-0.3, -0.25) is 9.48 Å². The highest BCUT2D eigenvalue weighted by Gasteiger charge is 2.31. The van der Waals surface area contributed by atoms with E-state index in [1.54, 1.807) is 6.08 Å². The van der Waals surface area contributed by atoms with Crippen molar-refractivity contribution in [3.8, 4) is 0 Å². The second-order valence-corrected chi connectivity index (χ2v) is 6.22. The van der Waals surface area contributed by atoms with Crippen LogP contribution in [0, 0.1) is 13.8 Å². The van der Waals surface area contributed by atoms with Crippen molar-refractivity contribution in [2.45, 2.75) is 39.3 Å². The van der Waals surface area contributed by atoms with E-state index >= 15 is 0 Å². The highest BCUT2D eigenvalue weighted by Crippen LogP contribution is 2.29. The van der Waals surface area contributed by atoms with Gasteiger partial charge in [0.05, 0.1) is 5.69 Å². The third-order valence-corrected chi connectivity index (χ3v) is 4.42. The molecule has 4 nitrogen and oxygen atoms in total. The molecule has 0 aliphatic heterocycles. The lowest BCUT2D eigenvalue weighted by atomic mass is 10.1. The van der Waals surface area contributed by atoms with Crippen LogP contribution in [0.2, 0.25) is 0 Å². The Balaban J connectivity index is 1.75. The average Bonchev–Trinajstić information content (AvgIpc) is 3.34. The number of amides is 1. The molecule has 1 aliphatic carbocycles. The van der Waals surface area contributed by atoms with E-state index in [2.05, 4.69) is 17.2 Å². The summed E-state index contributed by atoms with van der Waals surface area (Å²) in [5, 5.41) is 4.39. The zero-order chi connectivity index (χ0) is 16.4. The van der Waals surface area contributed by atoms with Crippen molar-refractivity contribution in [3.05, 3.63) is 58.9 Å². The lowest BCUT2D eigenvalue weighted by molar-refractivity contribution is -0.127. The number of rotatable bonds is 5. The quantitative estimate of drug-likeness (QED) is 0.795. The molecule has 120 valence electrons. The van der Waals surface area contributed by atoms with Gasteiger partial charge in [0.15, 0.2) is 0 Å². The maximum Gasteiger partial charge on any atom is 0.247 e. The lowest BCUT2D eigenvalue weighted by Gasteiger charge is -2.21. The smallest absolute Gasteiger partial charge is 0.247 e. The van der Waals surface area contributed by atoms with Gasteiger partial charge in [-0.15, -0.1) is 0 Å². The molecular weight excluding hydrogens is 286 g/mol. The van der Waals surface area contributed by atoms with Crippen molar-refractivity contribution in [3.63, 3.8) is 0 Å². The molecule has 1 aromatic heterocycles. The Bertz CT molecular complexity index is 727. The molecule has 3 rings (SSSR count). The van der Waals surface area contributed by atoms with Gasteiger partial charge in [0.1, 0.15) is 0 Å². The standard InChI is InChI=1S/C19H23N3O/c1-14-18(15(2)21(3)20-14)11-12-19(23)22(17-9-10-17)13-16-7-5-4-6-8-16/h4-8,11-12,17H,9-10,13H2,1-3H3. The molecule has 0 spiro atoms. The molecule has 0 bridgehead atoms. The fourth-order valence-corrected chi connectivity index (χ4v) is 2.83. The summed E-state index contributed by atoms with van der Waals surface area (Å²) in [7, 11) is 1.92. The minimum atomic E-state index is 0.0824. The third-order valence-electron chi connectivity index (χ3n) is 4.42. The molecule has 1 aromatic carbocycles. The van der Waals surface area contributed by atoms with Gasteiger partial charge in [0.25, 0.3) is 0 Å². The fourth-order valence-electron chi connectivity index (χ4n) is 2.83. The van der Waals surface area contributed by atoms with Gasteiger partial charge in [0.2, 0.25) is 5.91 Å². The van der Waals surface area contributed by atoms with Crippen molar-refractivity contribution < 1.29 is 4.79 Å². The number of aryl methyl sites for hydroxylation is 2. The predicted molar refractivity (Wildman–Crippen MR) is 91.7 cm³/mol. The Labute approximate surface area is 137 Å². The molecule has 0 saturated heterocycles. The van der Waals surface area contributed by atoms with Crippen LogP contribution in [0.4, 0.5) is 0 Å². The minimum absolute atomic E-state index is 0.0824. The van der Waals surface area contributed by atoms with Gasteiger partial charge in [-0.05, 0) is 38.3 Å². The van der Waals surface area contributed by atoms with Crippen molar-refractivity contribution in [1.82, 2.24) is 14.7 Å². The lowest BCUT2D eigenvalue weighted by Crippen LogP contribution is -2.31. The van der Waals surface area contributed by atoms with Crippen LogP contribution in [0.5, 0.6) is 0 Å². The average molecular weight is 309 g/mol. The van der Waals surface area contributed by atoms with Gasteiger partial charge in [-0.2, -0.15) is 5.10 Å². The molecule has 1 aliphatic rings. The van der Waals surface area contributed by atoms with Gasteiger partial charge >= 0.3 is 0 Å². The van der Waals surface area contributed by atoms with E-state index in [-0.39, 0.29) is 5.91 Å². The minimum Gasteiger partial charge on any atom is -0.332 e. The molecule has 4 heteroatoms. The summed E-state index contributed by atoms with van der Waals surface area (Å²) < 4.78 is 1.85. The molecule has 2 aromatic rings. The fraction of sp³-hybridized carbons (Fsp3) is 0.368. The van der Waals surface area contributed by atoms with Crippen molar-refractivity contribution in [2.24, 2.45) is 7.05 Å². The van der Waals surface area contributed by atoms with E-state index in [1.807, 2.05) is 54.8 Å². The second-order valence-electron chi connectivity index (χ2n) is 6.22. The molecule has 1 amide bonds. The van der Waals surface area contributed by atoms with E-state index in [9.17, 15) is 4.79 Å². The number of hydrogen-bond acceptors (Lipinski definition) is 2. The van der Waals surface area contributed by atoms with Crippen LogP contribution >= 0.6 is 0 Å². The van der Waals surface area contributed by atoms with Crippen LogP contribution in [0.1, 0.15) is 35.4 Å². The van der Waals surface area contributed by atoms with Crippen molar-refractivity contribution >= 4 is 12.0 Å². The number of nitrogens with zero attached hydrogens (tertiary/aromatic N) is 3. The maximum absolute atomic E-state index is 12.6. The van der Waals surface area contributed by atoms with Crippen LogP contribution in [-0.4, -0.2) is 26.6 Å². The third kappa shape index (κ3) is 3.52. The first kappa shape index (κ1) is 15.5. The van der Waals surface area contributed by atoms with E-state index in [4.69, 9.17) is 0 Å². The van der Waals surface area contributed by atoms with E-state index in [0.29, 0.717) is 12.6 Å². The first-order chi connectivity index (χ1) is 11.1. The maximum atomic E-state index is 12.6. The second kappa shape index (κ2) is 6.41. The molecule has 0 atom stereocenters. The summed E-state index contributed by atoms with van der Waals surface area (Å²) >= 11 is 0. The predicted octanol–water partition coefficient (Wildman–Crippen LogP) is 3.24. The molecule has 0 N–H and O–H groups in total. The summed E-state index contributed by atoms with van der Waals surface area (Å²) in [5.41, 5.74) is 4.24. The topological polar surface area (TPSA) is 38.1 Å². The Hall–Kier alpha value is -2.36. The first-order valence-electron chi connectivity index (χ1n) is 8.09. The molecule has 0 radical (unpaired) electrons. The van der Waals surface area contributed by atoms with Gasteiger partial charge in [-0.1, -0.05) is 30.3 Å². The van der Waals surface area contributed by atoms with Gasteiger partial charge < -0.3 is 4.90 Å².